The summed E-state index contributed by atoms with van der Waals surface area (Å²) in [6, 6.07) is 15.0. The lowest BCUT2D eigenvalue weighted by Crippen LogP contribution is -2.53. The Morgan fingerprint density at radius 2 is 1.77 bits per heavy atom. The van der Waals surface area contributed by atoms with Gasteiger partial charge in [-0.25, -0.2) is 0 Å². The van der Waals surface area contributed by atoms with Crippen molar-refractivity contribution in [1.82, 2.24) is 15.1 Å². The highest BCUT2D eigenvalue weighted by Crippen LogP contribution is 2.32. The molecule has 9 nitrogen and oxygen atoms in total. The average Bonchev–Trinajstić information content (AvgIpc) is 3.68. The van der Waals surface area contributed by atoms with Gasteiger partial charge in [-0.2, -0.15) is 0 Å². The number of nitrogens with zero attached hydrogens (tertiary/aromatic N) is 3. The third-order valence-electron chi connectivity index (χ3n) is 7.32. The van der Waals surface area contributed by atoms with E-state index >= 15 is 0 Å². The van der Waals surface area contributed by atoms with E-state index in [0.29, 0.717) is 23.4 Å². The van der Waals surface area contributed by atoms with Crippen LogP contribution in [0.15, 0.2) is 66.0 Å². The Hall–Kier alpha value is -4.18. The van der Waals surface area contributed by atoms with Gasteiger partial charge < -0.3 is 25.1 Å². The Kier molecular flexibility index (Phi) is 7.38. The van der Waals surface area contributed by atoms with Gasteiger partial charge in [0.2, 0.25) is 5.91 Å². The van der Waals surface area contributed by atoms with Gasteiger partial charge in [-0.3, -0.25) is 19.2 Å². The third-order valence-corrected chi connectivity index (χ3v) is 8.18. The van der Waals surface area contributed by atoms with Crippen molar-refractivity contribution in [3.63, 3.8) is 0 Å². The molecular weight excluding hydrogens is 516 g/mol. The van der Waals surface area contributed by atoms with E-state index in [1.54, 1.807) is 41.3 Å². The van der Waals surface area contributed by atoms with Crippen LogP contribution in [0.5, 0.6) is 5.75 Å². The van der Waals surface area contributed by atoms with E-state index in [-0.39, 0.29) is 42.4 Å². The number of rotatable bonds is 7. The highest BCUT2D eigenvalue weighted by atomic mass is 32.1. The number of carbonyl (C=O) groups excluding carboxylic acids is 4. The van der Waals surface area contributed by atoms with E-state index in [1.807, 2.05) is 36.5 Å². The van der Waals surface area contributed by atoms with Crippen LogP contribution >= 0.6 is 11.3 Å². The fraction of sp³-hybridized carbons (Fsp3) is 0.310. The molecule has 2 aromatic carbocycles. The summed E-state index contributed by atoms with van der Waals surface area (Å²) in [5, 5.41) is 14.4. The summed E-state index contributed by atoms with van der Waals surface area (Å²) in [5.74, 6) is -1.05. The van der Waals surface area contributed by atoms with Crippen molar-refractivity contribution in [3.05, 3.63) is 82.0 Å². The van der Waals surface area contributed by atoms with Gasteiger partial charge in [-0.05, 0) is 59.8 Å². The Balaban J connectivity index is 1.37. The monoisotopic (exact) mass is 546 g/mol. The molecule has 0 radical (unpaired) electrons. The Morgan fingerprint density at radius 3 is 2.41 bits per heavy atom. The first-order valence-corrected chi connectivity index (χ1v) is 13.6. The summed E-state index contributed by atoms with van der Waals surface area (Å²) in [6.07, 6.45) is 0.672. The number of phenolic OH excluding ortho intramolecular Hbond substituents is 1. The zero-order valence-electron chi connectivity index (χ0n) is 21.7. The second kappa shape index (κ2) is 10.9. The predicted molar refractivity (Wildman–Crippen MR) is 148 cm³/mol. The molecule has 3 unspecified atom stereocenters. The van der Waals surface area contributed by atoms with E-state index in [4.69, 9.17) is 0 Å². The number of hydrogen-bond donors (Lipinski definition) is 2. The summed E-state index contributed by atoms with van der Waals surface area (Å²) >= 11 is 1.32. The van der Waals surface area contributed by atoms with E-state index < -0.39 is 18.0 Å². The maximum absolute atomic E-state index is 13.9. The summed E-state index contributed by atoms with van der Waals surface area (Å²) in [6.45, 7) is 0.274. The third kappa shape index (κ3) is 5.37. The fourth-order valence-corrected chi connectivity index (χ4v) is 5.98. The molecule has 5 rings (SSSR count). The number of amides is 3. The Bertz CT molecular complexity index is 1370. The van der Waals surface area contributed by atoms with Crippen LogP contribution in [0.1, 0.15) is 32.0 Å². The number of nitrogens with one attached hydrogen (secondary N) is 1. The zero-order valence-corrected chi connectivity index (χ0v) is 22.6. The number of ketones is 1. The number of benzene rings is 2. The molecule has 0 bridgehead atoms. The molecule has 2 fully saturated rings. The predicted octanol–water partition coefficient (Wildman–Crippen LogP) is 2.56. The van der Waals surface area contributed by atoms with Gasteiger partial charge in [0.05, 0.1) is 17.5 Å². The number of fused-ring (bicyclic) bond motifs is 1. The van der Waals surface area contributed by atoms with Crippen LogP contribution in [0.3, 0.4) is 0 Å². The first kappa shape index (κ1) is 26.4. The maximum atomic E-state index is 13.9. The quantitative estimate of drug-likeness (QED) is 0.472. The first-order chi connectivity index (χ1) is 18.7. The van der Waals surface area contributed by atoms with Gasteiger partial charge in [0.15, 0.2) is 5.78 Å². The highest BCUT2D eigenvalue weighted by molar-refractivity contribution is 7.12. The van der Waals surface area contributed by atoms with Crippen molar-refractivity contribution in [2.24, 2.45) is 0 Å². The van der Waals surface area contributed by atoms with Crippen LogP contribution in [-0.4, -0.2) is 83.7 Å². The van der Waals surface area contributed by atoms with Crippen LogP contribution in [0, 0.1) is 0 Å². The molecule has 1 aromatic heterocycles. The minimum absolute atomic E-state index is 0.0386. The standard InChI is InChI=1S/C29H30N4O5S/c1-31(2)20-9-7-19(8-10-20)27(36)30-22(16-18-5-11-21(34)12-6-18)28(37)32-14-13-23-26(32)24(35)17-33(23)29(38)25-4-3-15-39-25/h3-12,15,22-23,26,34H,13-14,16-17H2,1-2H3,(H,30,36). The van der Waals surface area contributed by atoms with Gasteiger partial charge in [0.25, 0.3) is 11.8 Å². The number of likely N-dealkylation sites (tertiary alicyclic amines) is 2. The van der Waals surface area contributed by atoms with Gasteiger partial charge in [0, 0.05) is 38.3 Å². The fourth-order valence-electron chi connectivity index (χ4n) is 5.30. The summed E-state index contributed by atoms with van der Waals surface area (Å²) in [7, 11) is 3.81. The molecule has 0 aliphatic carbocycles. The number of aromatic hydroxyl groups is 1. The van der Waals surface area contributed by atoms with Gasteiger partial charge in [-0.1, -0.05) is 18.2 Å². The van der Waals surface area contributed by atoms with E-state index in [2.05, 4.69) is 5.32 Å². The summed E-state index contributed by atoms with van der Waals surface area (Å²) in [4.78, 5) is 58.9. The first-order valence-electron chi connectivity index (χ1n) is 12.8. The Labute approximate surface area is 230 Å². The molecule has 2 aliphatic rings. The van der Waals surface area contributed by atoms with Crippen molar-refractivity contribution < 1.29 is 24.3 Å². The van der Waals surface area contributed by atoms with Crippen LogP contribution in [0.2, 0.25) is 0 Å². The van der Waals surface area contributed by atoms with Crippen LogP contribution in [0.25, 0.3) is 0 Å². The van der Waals surface area contributed by atoms with E-state index in [0.717, 1.165) is 11.3 Å². The molecule has 10 heteroatoms. The largest absolute Gasteiger partial charge is 0.508 e. The molecule has 3 atom stereocenters. The molecule has 202 valence electrons. The molecule has 0 saturated carbocycles. The highest BCUT2D eigenvalue weighted by Gasteiger charge is 2.52. The number of thiophene rings is 1. The van der Waals surface area contributed by atoms with Crippen LogP contribution < -0.4 is 10.2 Å². The minimum Gasteiger partial charge on any atom is -0.508 e. The SMILES string of the molecule is CN(C)c1ccc(C(=O)NC(Cc2ccc(O)cc2)C(=O)N2CCC3C2C(=O)CN3C(=O)c2cccs2)cc1. The topological polar surface area (TPSA) is 110 Å². The van der Waals surface area contributed by atoms with Crippen molar-refractivity contribution >= 4 is 40.5 Å². The van der Waals surface area contributed by atoms with Gasteiger partial charge in [0.1, 0.15) is 17.8 Å². The van der Waals surface area contributed by atoms with Crippen molar-refractivity contribution in [1.29, 1.82) is 0 Å². The van der Waals surface area contributed by atoms with E-state index in [9.17, 15) is 24.3 Å². The average molecular weight is 547 g/mol. The van der Waals surface area contributed by atoms with Crippen LogP contribution in [-0.2, 0) is 16.0 Å². The molecule has 2 aliphatic heterocycles. The molecule has 3 amide bonds. The molecule has 0 spiro atoms. The number of anilines is 1. The van der Waals surface area contributed by atoms with Crippen molar-refractivity contribution in [2.75, 3.05) is 32.1 Å². The van der Waals surface area contributed by atoms with E-state index in [1.165, 1.54) is 28.4 Å². The second-order valence-electron chi connectivity index (χ2n) is 10.0. The lowest BCUT2D eigenvalue weighted by atomic mass is 10.0. The van der Waals surface area contributed by atoms with Crippen molar-refractivity contribution in [3.8, 4) is 5.75 Å². The van der Waals surface area contributed by atoms with Crippen LogP contribution in [0.4, 0.5) is 5.69 Å². The normalized spacial score (nSPS) is 19.1. The minimum atomic E-state index is -0.941. The number of phenols is 1. The molecule has 2 N–H and O–H groups in total. The number of hydrogen-bond acceptors (Lipinski definition) is 7. The smallest absolute Gasteiger partial charge is 0.264 e. The lowest BCUT2D eigenvalue weighted by Gasteiger charge is -2.28. The molecule has 3 aromatic rings. The number of carbonyl (C=O) groups is 4. The second-order valence-corrected chi connectivity index (χ2v) is 11.0. The summed E-state index contributed by atoms with van der Waals surface area (Å²) < 4.78 is 0. The molecule has 39 heavy (non-hydrogen) atoms. The van der Waals surface area contributed by atoms with Gasteiger partial charge in [-0.15, -0.1) is 11.3 Å². The van der Waals surface area contributed by atoms with Gasteiger partial charge >= 0.3 is 0 Å². The molecule has 2 saturated heterocycles. The lowest BCUT2D eigenvalue weighted by molar-refractivity contribution is -0.138. The summed E-state index contributed by atoms with van der Waals surface area (Å²) in [5.41, 5.74) is 2.10. The number of Topliss-reactive ketones (excluding diaryl/α,β-unsaturated/α-hetero) is 1. The molecule has 3 heterocycles. The maximum Gasteiger partial charge on any atom is 0.264 e. The Morgan fingerprint density at radius 1 is 1.05 bits per heavy atom. The van der Waals surface area contributed by atoms with Crippen molar-refractivity contribution in [2.45, 2.75) is 31.0 Å². The zero-order chi connectivity index (χ0) is 27.7. The molecular formula is C29H30N4O5S.